The molecule has 7 heteroatoms. The van der Waals surface area contributed by atoms with Crippen molar-refractivity contribution in [2.45, 2.75) is 12.8 Å². The van der Waals surface area contributed by atoms with Gasteiger partial charge in [-0.1, -0.05) is 12.1 Å². The van der Waals surface area contributed by atoms with Gasteiger partial charge in [-0.3, -0.25) is 5.10 Å². The molecule has 0 bridgehead atoms. The van der Waals surface area contributed by atoms with E-state index in [4.69, 9.17) is 19.9 Å². The first kappa shape index (κ1) is 18.4. The molecular weight excluding hydrogens is 368 g/mol. The molecule has 0 amide bonds. The van der Waals surface area contributed by atoms with Crippen LogP contribution in [0.1, 0.15) is 24.0 Å². The van der Waals surface area contributed by atoms with Crippen LogP contribution in [0.3, 0.4) is 0 Å². The lowest BCUT2D eigenvalue weighted by atomic mass is 9.83. The van der Waals surface area contributed by atoms with Gasteiger partial charge in [-0.2, -0.15) is 5.26 Å². The largest absolute Gasteiger partial charge is 0.497 e. The van der Waals surface area contributed by atoms with Gasteiger partial charge in [-0.05, 0) is 48.9 Å². The van der Waals surface area contributed by atoms with Crippen molar-refractivity contribution in [2.75, 3.05) is 13.7 Å². The fraction of sp³-hybridized carbons (Fsp3) is 0.182. The van der Waals surface area contributed by atoms with Gasteiger partial charge in [0.05, 0.1) is 30.9 Å². The Labute approximate surface area is 168 Å². The van der Waals surface area contributed by atoms with Crippen LogP contribution in [-0.4, -0.2) is 23.9 Å². The Hall–Kier alpha value is -3.92. The third kappa shape index (κ3) is 3.25. The average molecular weight is 388 g/mol. The molecule has 7 nitrogen and oxygen atoms in total. The van der Waals surface area contributed by atoms with Crippen LogP contribution in [0.5, 0.6) is 17.4 Å². The zero-order valence-electron chi connectivity index (χ0n) is 16.1. The smallest absolute Gasteiger partial charge is 0.244 e. The zero-order chi connectivity index (χ0) is 20.4. The molecule has 3 aromatic rings. The van der Waals surface area contributed by atoms with Gasteiger partial charge in [-0.15, -0.1) is 5.10 Å². The minimum Gasteiger partial charge on any atom is -0.497 e. The molecule has 3 N–H and O–H groups in total. The zero-order valence-corrected chi connectivity index (χ0v) is 16.1. The second kappa shape index (κ2) is 7.60. The van der Waals surface area contributed by atoms with Crippen LogP contribution in [0.2, 0.25) is 0 Å². The van der Waals surface area contributed by atoms with E-state index in [0.29, 0.717) is 18.1 Å². The number of ether oxygens (including phenoxy) is 3. The van der Waals surface area contributed by atoms with Gasteiger partial charge in [0.1, 0.15) is 23.1 Å². The van der Waals surface area contributed by atoms with Gasteiger partial charge in [-0.25, -0.2) is 0 Å². The number of H-pyrrole nitrogens is 1. The van der Waals surface area contributed by atoms with E-state index in [0.717, 1.165) is 33.9 Å². The number of allylic oxidation sites excluding steroid dienone is 1. The molecule has 1 atom stereocenters. The molecule has 29 heavy (non-hydrogen) atoms. The first-order chi connectivity index (χ1) is 14.2. The maximum absolute atomic E-state index is 9.79. The SMILES string of the molecule is CCOc1ccc([C@H]2C(C#N)=C(N)Oc3n[nH]c(-c4ccc(OC)cc4)c32)cc1. The van der Waals surface area contributed by atoms with Crippen molar-refractivity contribution in [3.05, 3.63) is 71.1 Å². The molecule has 146 valence electrons. The molecule has 2 heterocycles. The number of nitrogens with one attached hydrogen (secondary N) is 1. The summed E-state index contributed by atoms with van der Waals surface area (Å²) in [7, 11) is 1.62. The predicted octanol–water partition coefficient (Wildman–Crippen LogP) is 3.70. The molecule has 4 rings (SSSR count). The molecule has 0 radical (unpaired) electrons. The van der Waals surface area contributed by atoms with Gasteiger partial charge < -0.3 is 19.9 Å². The quantitative estimate of drug-likeness (QED) is 0.690. The molecule has 0 unspecified atom stereocenters. The number of hydrogen-bond acceptors (Lipinski definition) is 6. The summed E-state index contributed by atoms with van der Waals surface area (Å²) in [5.41, 5.74) is 9.71. The third-order valence-electron chi connectivity index (χ3n) is 4.84. The Morgan fingerprint density at radius 1 is 1.14 bits per heavy atom. The minimum absolute atomic E-state index is 0.0617. The molecule has 0 aliphatic carbocycles. The van der Waals surface area contributed by atoms with E-state index in [-0.39, 0.29) is 5.88 Å². The fourth-order valence-electron chi connectivity index (χ4n) is 3.48. The van der Waals surface area contributed by atoms with Crippen molar-refractivity contribution in [1.82, 2.24) is 10.2 Å². The Kier molecular flexibility index (Phi) is 4.83. The summed E-state index contributed by atoms with van der Waals surface area (Å²) >= 11 is 0. The highest BCUT2D eigenvalue weighted by atomic mass is 16.5. The van der Waals surface area contributed by atoms with Crippen LogP contribution < -0.4 is 19.9 Å². The number of fused-ring (bicyclic) bond motifs is 1. The average Bonchev–Trinajstić information content (AvgIpc) is 3.17. The second-order valence-electron chi connectivity index (χ2n) is 6.47. The Bertz CT molecular complexity index is 1090. The predicted molar refractivity (Wildman–Crippen MR) is 107 cm³/mol. The van der Waals surface area contributed by atoms with E-state index in [1.54, 1.807) is 7.11 Å². The first-order valence-electron chi connectivity index (χ1n) is 9.19. The second-order valence-corrected chi connectivity index (χ2v) is 6.47. The van der Waals surface area contributed by atoms with Crippen molar-refractivity contribution in [3.8, 4) is 34.7 Å². The summed E-state index contributed by atoms with van der Waals surface area (Å²) < 4.78 is 16.4. The molecule has 0 saturated carbocycles. The normalized spacial score (nSPS) is 15.3. The topological polar surface area (TPSA) is 106 Å². The lowest BCUT2D eigenvalue weighted by Crippen LogP contribution is -2.21. The van der Waals surface area contributed by atoms with E-state index in [1.807, 2.05) is 55.5 Å². The highest BCUT2D eigenvalue weighted by molar-refractivity contribution is 5.71. The van der Waals surface area contributed by atoms with Gasteiger partial charge in [0.15, 0.2) is 0 Å². The molecule has 1 aromatic heterocycles. The van der Waals surface area contributed by atoms with Crippen molar-refractivity contribution < 1.29 is 14.2 Å². The number of aromatic amines is 1. The number of hydrogen-bond donors (Lipinski definition) is 2. The maximum atomic E-state index is 9.79. The molecule has 0 fully saturated rings. The number of methoxy groups -OCH3 is 1. The highest BCUT2D eigenvalue weighted by Crippen LogP contribution is 2.45. The number of nitrogens with zero attached hydrogens (tertiary/aromatic N) is 2. The summed E-state index contributed by atoms with van der Waals surface area (Å²) in [4.78, 5) is 0. The monoisotopic (exact) mass is 388 g/mol. The van der Waals surface area contributed by atoms with Crippen LogP contribution in [-0.2, 0) is 0 Å². The lowest BCUT2D eigenvalue weighted by molar-refractivity contribution is 0.340. The van der Waals surface area contributed by atoms with E-state index in [1.165, 1.54) is 0 Å². The van der Waals surface area contributed by atoms with Gasteiger partial charge in [0.2, 0.25) is 11.8 Å². The molecule has 2 aromatic carbocycles. The minimum atomic E-state index is -0.407. The summed E-state index contributed by atoms with van der Waals surface area (Å²) in [5, 5.41) is 17.1. The van der Waals surface area contributed by atoms with Crippen LogP contribution in [0.4, 0.5) is 0 Å². The van der Waals surface area contributed by atoms with E-state index >= 15 is 0 Å². The van der Waals surface area contributed by atoms with Crippen molar-refractivity contribution >= 4 is 0 Å². The Balaban J connectivity index is 1.84. The van der Waals surface area contributed by atoms with Gasteiger partial charge >= 0.3 is 0 Å². The van der Waals surface area contributed by atoms with Crippen LogP contribution in [0, 0.1) is 11.3 Å². The molecule has 0 spiro atoms. The number of benzene rings is 2. The van der Waals surface area contributed by atoms with Crippen LogP contribution in [0.25, 0.3) is 11.3 Å². The maximum Gasteiger partial charge on any atom is 0.244 e. The summed E-state index contributed by atoms with van der Waals surface area (Å²) in [6.07, 6.45) is 0. The van der Waals surface area contributed by atoms with E-state index in [9.17, 15) is 5.26 Å². The fourth-order valence-corrected chi connectivity index (χ4v) is 3.48. The summed E-state index contributed by atoms with van der Waals surface area (Å²) in [6, 6.07) is 17.4. The Morgan fingerprint density at radius 2 is 1.83 bits per heavy atom. The molecular formula is C22H20N4O3. The first-order valence-corrected chi connectivity index (χ1v) is 9.19. The molecule has 0 saturated heterocycles. The molecule has 1 aliphatic rings. The number of nitrogens with two attached hydrogens (primary N) is 1. The van der Waals surface area contributed by atoms with Crippen LogP contribution in [0.15, 0.2) is 60.0 Å². The van der Waals surface area contributed by atoms with Gasteiger partial charge in [0, 0.05) is 5.56 Å². The lowest BCUT2D eigenvalue weighted by Gasteiger charge is -2.24. The summed E-state index contributed by atoms with van der Waals surface area (Å²) in [6.45, 7) is 2.52. The third-order valence-corrected chi connectivity index (χ3v) is 4.84. The van der Waals surface area contributed by atoms with Crippen LogP contribution >= 0.6 is 0 Å². The molecule has 1 aliphatic heterocycles. The summed E-state index contributed by atoms with van der Waals surface area (Å²) in [5.74, 6) is 1.54. The van der Waals surface area contributed by atoms with Crippen molar-refractivity contribution in [2.24, 2.45) is 5.73 Å². The number of rotatable bonds is 5. The van der Waals surface area contributed by atoms with Crippen molar-refractivity contribution in [1.29, 1.82) is 5.26 Å². The van der Waals surface area contributed by atoms with Crippen molar-refractivity contribution in [3.63, 3.8) is 0 Å². The van der Waals surface area contributed by atoms with E-state index < -0.39 is 5.92 Å². The number of aromatic nitrogens is 2. The standard InChI is InChI=1S/C22H20N4O3/c1-3-28-16-10-4-13(5-11-16)18-17(12-23)21(24)29-22-19(18)20(25-26-22)14-6-8-15(27-2)9-7-14/h4-11,18H,3,24H2,1-2H3,(H,25,26)/t18-/m0/s1. The Morgan fingerprint density at radius 3 is 2.45 bits per heavy atom. The highest BCUT2D eigenvalue weighted by Gasteiger charge is 2.35. The number of nitriles is 1. The van der Waals surface area contributed by atoms with Gasteiger partial charge in [0.25, 0.3) is 0 Å². The van der Waals surface area contributed by atoms with E-state index in [2.05, 4.69) is 16.3 Å².